The number of rotatable bonds is 4. The van der Waals surface area contributed by atoms with E-state index in [0.717, 1.165) is 6.07 Å². The van der Waals surface area contributed by atoms with Gasteiger partial charge in [-0.3, -0.25) is 0 Å². The van der Waals surface area contributed by atoms with E-state index in [-0.39, 0.29) is 11.3 Å². The maximum absolute atomic E-state index is 13.6. The molecule has 112 valence electrons. The highest BCUT2D eigenvalue weighted by atomic mass is 32.2. The summed E-state index contributed by atoms with van der Waals surface area (Å²) in [5, 5.41) is 0. The number of nitrogens with two attached hydrogens (primary N) is 1. The van der Waals surface area contributed by atoms with Crippen molar-refractivity contribution in [3.8, 4) is 0 Å². The Morgan fingerprint density at radius 2 is 1.57 bits per heavy atom. The lowest BCUT2D eigenvalue weighted by Gasteiger charge is -2.10. The Hall–Kier alpha value is -2.06. The topological polar surface area (TPSA) is 72.2 Å². The standard InChI is InChI=1S/C13H11F3N2O2S/c14-10-4-2-1-3-8(10)7-18-21(19,20)13-11(15)5-9(17)6-12(13)16/h1-6,18H,7,17H2. The summed E-state index contributed by atoms with van der Waals surface area (Å²) in [7, 11) is -4.48. The second-order valence-corrected chi connectivity index (χ2v) is 5.93. The number of benzene rings is 2. The van der Waals surface area contributed by atoms with Crippen LogP contribution in [0.4, 0.5) is 18.9 Å². The average Bonchev–Trinajstić information content (AvgIpc) is 2.36. The maximum atomic E-state index is 13.6. The lowest BCUT2D eigenvalue weighted by molar-refractivity contribution is 0.514. The van der Waals surface area contributed by atoms with Crippen LogP contribution in [0.15, 0.2) is 41.3 Å². The smallest absolute Gasteiger partial charge is 0.246 e. The molecule has 0 atom stereocenters. The minimum Gasteiger partial charge on any atom is -0.399 e. The van der Waals surface area contributed by atoms with Crippen molar-refractivity contribution in [3.05, 3.63) is 59.4 Å². The summed E-state index contributed by atoms with van der Waals surface area (Å²) < 4.78 is 66.4. The summed E-state index contributed by atoms with van der Waals surface area (Å²) in [4.78, 5) is -1.15. The molecule has 0 aliphatic rings. The van der Waals surface area contributed by atoms with Gasteiger partial charge in [-0.2, -0.15) is 0 Å². The predicted octanol–water partition coefficient (Wildman–Crippen LogP) is 2.16. The van der Waals surface area contributed by atoms with Gasteiger partial charge in [-0.05, 0) is 18.2 Å². The van der Waals surface area contributed by atoms with Gasteiger partial charge in [0.05, 0.1) is 0 Å². The van der Waals surface area contributed by atoms with E-state index in [2.05, 4.69) is 0 Å². The van der Waals surface area contributed by atoms with Crippen LogP contribution < -0.4 is 10.5 Å². The van der Waals surface area contributed by atoms with Crippen molar-refractivity contribution in [2.45, 2.75) is 11.4 Å². The Morgan fingerprint density at radius 1 is 1.00 bits per heavy atom. The molecule has 0 bridgehead atoms. The predicted molar refractivity (Wildman–Crippen MR) is 71.2 cm³/mol. The SMILES string of the molecule is Nc1cc(F)c(S(=O)(=O)NCc2ccccc2F)c(F)c1. The van der Waals surface area contributed by atoms with E-state index in [0.29, 0.717) is 12.1 Å². The molecule has 4 nitrogen and oxygen atoms in total. The molecule has 8 heteroatoms. The Bertz CT molecular complexity index is 756. The Kier molecular flexibility index (Phi) is 4.19. The fourth-order valence-corrected chi connectivity index (χ4v) is 2.84. The summed E-state index contributed by atoms with van der Waals surface area (Å²) >= 11 is 0. The molecule has 0 fully saturated rings. The first-order chi connectivity index (χ1) is 9.81. The van der Waals surface area contributed by atoms with Gasteiger partial charge in [0.15, 0.2) is 4.90 Å². The van der Waals surface area contributed by atoms with E-state index in [1.54, 1.807) is 0 Å². The van der Waals surface area contributed by atoms with Gasteiger partial charge in [0.1, 0.15) is 17.5 Å². The molecular formula is C13H11F3N2O2S. The highest BCUT2D eigenvalue weighted by molar-refractivity contribution is 7.89. The molecule has 2 rings (SSSR count). The summed E-state index contributed by atoms with van der Waals surface area (Å²) in [6.45, 7) is -0.432. The van der Waals surface area contributed by atoms with Crippen LogP contribution in [-0.2, 0) is 16.6 Å². The molecule has 0 aromatic heterocycles. The molecule has 0 radical (unpaired) electrons. The minimum absolute atomic E-state index is 0.0531. The molecule has 2 aromatic carbocycles. The molecule has 0 saturated carbocycles. The molecule has 0 aliphatic carbocycles. The molecule has 3 N–H and O–H groups in total. The second-order valence-electron chi connectivity index (χ2n) is 4.23. The van der Waals surface area contributed by atoms with E-state index in [9.17, 15) is 21.6 Å². The zero-order valence-corrected chi connectivity index (χ0v) is 11.4. The fraction of sp³-hybridized carbons (Fsp3) is 0.0769. The molecule has 0 heterocycles. The molecule has 0 saturated heterocycles. The van der Waals surface area contributed by atoms with Crippen molar-refractivity contribution in [1.82, 2.24) is 4.72 Å². The Morgan fingerprint density at radius 3 is 2.14 bits per heavy atom. The lowest BCUT2D eigenvalue weighted by atomic mass is 10.2. The van der Waals surface area contributed by atoms with Crippen LogP contribution in [-0.4, -0.2) is 8.42 Å². The first-order valence-electron chi connectivity index (χ1n) is 5.79. The maximum Gasteiger partial charge on any atom is 0.246 e. The third kappa shape index (κ3) is 3.34. The first-order valence-corrected chi connectivity index (χ1v) is 7.27. The molecule has 0 amide bonds. The van der Waals surface area contributed by atoms with Gasteiger partial charge in [-0.15, -0.1) is 0 Å². The van der Waals surface area contributed by atoms with Crippen molar-refractivity contribution in [2.75, 3.05) is 5.73 Å². The molecule has 0 spiro atoms. The fourth-order valence-electron chi connectivity index (χ4n) is 1.72. The molecule has 2 aromatic rings. The van der Waals surface area contributed by atoms with E-state index >= 15 is 0 Å². The first kappa shape index (κ1) is 15.3. The van der Waals surface area contributed by atoms with Crippen LogP contribution in [0.3, 0.4) is 0 Å². The van der Waals surface area contributed by atoms with Gasteiger partial charge in [-0.25, -0.2) is 26.3 Å². The van der Waals surface area contributed by atoms with E-state index < -0.39 is 38.9 Å². The molecule has 21 heavy (non-hydrogen) atoms. The van der Waals surface area contributed by atoms with Crippen LogP contribution in [0.2, 0.25) is 0 Å². The number of hydrogen-bond acceptors (Lipinski definition) is 3. The largest absolute Gasteiger partial charge is 0.399 e. The van der Waals surface area contributed by atoms with Crippen molar-refractivity contribution in [1.29, 1.82) is 0 Å². The molecule has 0 aliphatic heterocycles. The van der Waals surface area contributed by atoms with Gasteiger partial charge < -0.3 is 5.73 Å². The number of hydrogen-bond donors (Lipinski definition) is 2. The third-order valence-electron chi connectivity index (χ3n) is 2.70. The highest BCUT2D eigenvalue weighted by Crippen LogP contribution is 2.22. The number of nitrogen functional groups attached to an aromatic ring is 1. The van der Waals surface area contributed by atoms with Crippen LogP contribution >= 0.6 is 0 Å². The van der Waals surface area contributed by atoms with Crippen molar-refractivity contribution >= 4 is 15.7 Å². The number of halogens is 3. The monoisotopic (exact) mass is 316 g/mol. The van der Waals surface area contributed by atoms with Gasteiger partial charge >= 0.3 is 0 Å². The summed E-state index contributed by atoms with van der Waals surface area (Å²) in [5.74, 6) is -3.25. The Balaban J connectivity index is 2.30. The number of sulfonamides is 1. The van der Waals surface area contributed by atoms with E-state index in [1.165, 1.54) is 18.2 Å². The highest BCUT2D eigenvalue weighted by Gasteiger charge is 2.24. The van der Waals surface area contributed by atoms with E-state index in [1.807, 2.05) is 4.72 Å². The molecule has 0 unspecified atom stereocenters. The number of anilines is 1. The van der Waals surface area contributed by atoms with Crippen molar-refractivity contribution < 1.29 is 21.6 Å². The average molecular weight is 316 g/mol. The normalized spacial score (nSPS) is 11.6. The lowest BCUT2D eigenvalue weighted by Crippen LogP contribution is -2.25. The van der Waals surface area contributed by atoms with Crippen molar-refractivity contribution in [3.63, 3.8) is 0 Å². The summed E-state index contributed by atoms with van der Waals surface area (Å²) in [5.41, 5.74) is 5.03. The van der Waals surface area contributed by atoms with Gasteiger partial charge in [-0.1, -0.05) is 18.2 Å². The Labute approximate surface area is 119 Å². The van der Waals surface area contributed by atoms with Gasteiger partial charge in [0.2, 0.25) is 10.0 Å². The van der Waals surface area contributed by atoms with Crippen molar-refractivity contribution in [2.24, 2.45) is 0 Å². The van der Waals surface area contributed by atoms with Crippen LogP contribution in [0.5, 0.6) is 0 Å². The third-order valence-corrected chi connectivity index (χ3v) is 4.15. The van der Waals surface area contributed by atoms with E-state index in [4.69, 9.17) is 5.73 Å². The van der Waals surface area contributed by atoms with Crippen LogP contribution in [0.1, 0.15) is 5.56 Å². The second kappa shape index (κ2) is 5.74. The quantitative estimate of drug-likeness (QED) is 0.849. The van der Waals surface area contributed by atoms with Gasteiger partial charge in [0.25, 0.3) is 0 Å². The zero-order valence-electron chi connectivity index (χ0n) is 10.6. The minimum atomic E-state index is -4.48. The van der Waals surface area contributed by atoms with Gasteiger partial charge in [0, 0.05) is 17.8 Å². The summed E-state index contributed by atoms with van der Waals surface area (Å²) in [6.07, 6.45) is 0. The number of nitrogens with one attached hydrogen (secondary N) is 1. The zero-order chi connectivity index (χ0) is 15.6. The van der Waals surface area contributed by atoms with Crippen LogP contribution in [0, 0.1) is 17.5 Å². The molecular weight excluding hydrogens is 305 g/mol. The van der Waals surface area contributed by atoms with Crippen LogP contribution in [0.25, 0.3) is 0 Å². The summed E-state index contributed by atoms with van der Waals surface area (Å²) in [6, 6.07) is 6.84.